The zero-order valence-electron chi connectivity index (χ0n) is 26.3. The van der Waals surface area contributed by atoms with Crippen molar-refractivity contribution in [1.82, 2.24) is 10.2 Å². The Kier molecular flexibility index (Phi) is 10.5. The number of allylic oxidation sites excluding steroid dienone is 2. The number of hydrogen-bond acceptors (Lipinski definition) is 5. The summed E-state index contributed by atoms with van der Waals surface area (Å²) in [5, 5.41) is 13.8. The van der Waals surface area contributed by atoms with E-state index in [-0.39, 0.29) is 29.8 Å². The van der Waals surface area contributed by atoms with Gasteiger partial charge in [0.1, 0.15) is 5.75 Å². The number of ether oxygens (including phenoxy) is 1. The highest BCUT2D eigenvalue weighted by atomic mass is 16.5. The third kappa shape index (κ3) is 7.61. The Balaban J connectivity index is 1.68. The van der Waals surface area contributed by atoms with Gasteiger partial charge in [-0.05, 0) is 74.0 Å². The molecule has 2 heterocycles. The predicted molar refractivity (Wildman–Crippen MR) is 169 cm³/mol. The Morgan fingerprint density at radius 1 is 1.19 bits per heavy atom. The summed E-state index contributed by atoms with van der Waals surface area (Å²) >= 11 is 0. The maximum absolute atomic E-state index is 14.1. The molecule has 0 saturated carbocycles. The highest BCUT2D eigenvalue weighted by Crippen LogP contribution is 2.44. The summed E-state index contributed by atoms with van der Waals surface area (Å²) in [7, 11) is 1.92. The van der Waals surface area contributed by atoms with Crippen LogP contribution in [0.5, 0.6) is 5.75 Å². The van der Waals surface area contributed by atoms with E-state index >= 15 is 0 Å². The molecule has 0 unspecified atom stereocenters. The number of nitrogens with one attached hydrogen (secondary N) is 1. The number of rotatable bonds is 13. The molecule has 1 fully saturated rings. The number of benzene rings is 2. The van der Waals surface area contributed by atoms with Gasteiger partial charge in [-0.2, -0.15) is 0 Å². The van der Waals surface area contributed by atoms with Gasteiger partial charge >= 0.3 is 5.97 Å². The van der Waals surface area contributed by atoms with E-state index in [1.54, 1.807) is 0 Å². The van der Waals surface area contributed by atoms with Crippen molar-refractivity contribution in [1.29, 1.82) is 0 Å². The number of hydrogen-bond donors (Lipinski definition) is 2. The average molecular weight is 576 g/mol. The lowest BCUT2D eigenvalue weighted by Gasteiger charge is -2.34. The molecule has 0 aromatic heterocycles. The summed E-state index contributed by atoms with van der Waals surface area (Å²) in [6, 6.07) is 14.0. The van der Waals surface area contributed by atoms with Crippen LogP contribution >= 0.6 is 0 Å². The average Bonchev–Trinajstić information content (AvgIpc) is 3.52. The molecule has 7 nitrogen and oxygen atoms in total. The first-order valence-corrected chi connectivity index (χ1v) is 15.5. The Hall–Kier alpha value is -3.16. The molecule has 42 heavy (non-hydrogen) atoms. The van der Waals surface area contributed by atoms with Crippen molar-refractivity contribution in [2.75, 3.05) is 38.2 Å². The topological polar surface area (TPSA) is 82.1 Å². The SMILES string of the molecule is CCCCN(C(=O)CN1C[C@H](c2ccc3c(c2)CCO3)[C@@H](C(=O)O)[C@@H]1CC(C)(C)C=C(C)C)c1cccc(CNC)c1. The highest BCUT2D eigenvalue weighted by Gasteiger charge is 2.48. The maximum Gasteiger partial charge on any atom is 0.308 e. The fourth-order valence-electron chi connectivity index (χ4n) is 6.91. The van der Waals surface area contributed by atoms with Gasteiger partial charge in [0.15, 0.2) is 0 Å². The third-order valence-corrected chi connectivity index (χ3v) is 8.57. The van der Waals surface area contributed by atoms with Crippen molar-refractivity contribution >= 4 is 17.6 Å². The second kappa shape index (κ2) is 13.9. The fraction of sp³-hybridized carbons (Fsp3) is 0.543. The number of carbonyl (C=O) groups excluding carboxylic acids is 1. The zero-order valence-corrected chi connectivity index (χ0v) is 26.3. The van der Waals surface area contributed by atoms with Crippen LogP contribution in [0.4, 0.5) is 5.69 Å². The number of carboxylic acids is 1. The Bertz CT molecular complexity index is 1280. The zero-order chi connectivity index (χ0) is 30.4. The molecule has 7 heteroatoms. The maximum atomic E-state index is 14.1. The molecule has 2 aliphatic heterocycles. The Morgan fingerprint density at radius 3 is 2.67 bits per heavy atom. The van der Waals surface area contributed by atoms with Crippen LogP contribution in [-0.4, -0.2) is 61.2 Å². The molecular formula is C35H49N3O4. The lowest BCUT2D eigenvalue weighted by atomic mass is 9.77. The van der Waals surface area contributed by atoms with Crippen LogP contribution < -0.4 is 15.0 Å². The number of carboxylic acid groups (broad SMARTS) is 1. The molecule has 2 N–H and O–H groups in total. The van der Waals surface area contributed by atoms with Crippen LogP contribution in [0.1, 0.15) is 76.5 Å². The molecule has 2 aromatic rings. The summed E-state index contributed by atoms with van der Waals surface area (Å²) in [5.41, 5.74) is 5.16. The number of nitrogens with zero attached hydrogens (tertiary/aromatic N) is 2. The number of amides is 1. The van der Waals surface area contributed by atoms with Crippen LogP contribution in [0, 0.1) is 11.3 Å². The van der Waals surface area contributed by atoms with Gasteiger partial charge < -0.3 is 20.1 Å². The van der Waals surface area contributed by atoms with Crippen molar-refractivity contribution in [3.8, 4) is 5.75 Å². The largest absolute Gasteiger partial charge is 0.493 e. The number of carbonyl (C=O) groups is 2. The van der Waals surface area contributed by atoms with E-state index in [0.717, 1.165) is 53.9 Å². The van der Waals surface area contributed by atoms with Crippen molar-refractivity contribution in [3.63, 3.8) is 0 Å². The van der Waals surface area contributed by atoms with E-state index in [0.29, 0.717) is 26.1 Å². The van der Waals surface area contributed by atoms with E-state index in [9.17, 15) is 14.7 Å². The van der Waals surface area contributed by atoms with Gasteiger partial charge in [-0.25, -0.2) is 0 Å². The van der Waals surface area contributed by atoms with Gasteiger partial charge in [0.25, 0.3) is 0 Å². The first-order valence-electron chi connectivity index (χ1n) is 15.5. The molecule has 228 valence electrons. The molecule has 2 aliphatic rings. The standard InChI is InChI=1S/C35H49N3O4/c1-7-8-15-38(28-11-9-10-25(17-28)21-36-6)32(39)23-37-22-29(26-12-13-31-27(18-26)14-16-42-31)33(34(40)41)30(37)20-35(4,5)19-24(2)3/h9-13,17-19,29-30,33,36H,7-8,14-16,20-23H2,1-6H3,(H,40,41)/t29-,30+,33-/m1/s1. The van der Waals surface area contributed by atoms with Crippen LogP contribution in [0.15, 0.2) is 54.1 Å². The van der Waals surface area contributed by atoms with Crippen molar-refractivity contribution in [2.24, 2.45) is 11.3 Å². The monoisotopic (exact) mass is 575 g/mol. The van der Waals surface area contributed by atoms with Crippen molar-refractivity contribution in [3.05, 3.63) is 70.8 Å². The number of likely N-dealkylation sites (tertiary alicyclic amines) is 1. The minimum Gasteiger partial charge on any atom is -0.493 e. The Morgan fingerprint density at radius 2 is 1.98 bits per heavy atom. The van der Waals surface area contributed by atoms with E-state index in [1.165, 1.54) is 5.57 Å². The van der Waals surface area contributed by atoms with Crippen LogP contribution in [-0.2, 0) is 22.6 Å². The number of unbranched alkanes of at least 4 members (excludes halogenated alkanes) is 1. The second-order valence-corrected chi connectivity index (χ2v) is 12.9. The van der Waals surface area contributed by atoms with Crippen LogP contribution in [0.3, 0.4) is 0 Å². The molecule has 4 rings (SSSR count). The van der Waals surface area contributed by atoms with Gasteiger partial charge in [-0.1, -0.05) is 63.1 Å². The number of anilines is 1. The molecule has 0 aliphatic carbocycles. The van der Waals surface area contributed by atoms with Crippen molar-refractivity contribution in [2.45, 2.75) is 78.8 Å². The molecule has 0 radical (unpaired) electrons. The quantitative estimate of drug-likeness (QED) is 0.284. The first-order chi connectivity index (χ1) is 20.0. The summed E-state index contributed by atoms with van der Waals surface area (Å²) < 4.78 is 5.72. The van der Waals surface area contributed by atoms with Gasteiger partial charge in [-0.15, -0.1) is 0 Å². The summed E-state index contributed by atoms with van der Waals surface area (Å²) in [6.45, 7) is 13.4. The lowest BCUT2D eigenvalue weighted by Crippen LogP contribution is -2.45. The molecule has 0 bridgehead atoms. The van der Waals surface area contributed by atoms with E-state index in [1.807, 2.05) is 36.2 Å². The minimum atomic E-state index is -0.799. The molecule has 1 amide bonds. The molecule has 2 aromatic carbocycles. The molecule has 1 saturated heterocycles. The number of fused-ring (bicyclic) bond motifs is 1. The fourth-order valence-corrected chi connectivity index (χ4v) is 6.91. The predicted octanol–water partition coefficient (Wildman–Crippen LogP) is 6.03. The van der Waals surface area contributed by atoms with Gasteiger partial charge in [-0.3, -0.25) is 14.5 Å². The van der Waals surface area contributed by atoms with E-state index < -0.39 is 11.9 Å². The van der Waals surface area contributed by atoms with Crippen LogP contribution in [0.25, 0.3) is 0 Å². The smallest absolute Gasteiger partial charge is 0.308 e. The lowest BCUT2D eigenvalue weighted by molar-refractivity contribution is -0.143. The van der Waals surface area contributed by atoms with Crippen LogP contribution in [0.2, 0.25) is 0 Å². The Labute approximate surface area is 251 Å². The summed E-state index contributed by atoms with van der Waals surface area (Å²) in [5.74, 6) is -0.721. The normalized spacial score (nSPS) is 20.2. The summed E-state index contributed by atoms with van der Waals surface area (Å²) in [6.07, 6.45) is 5.60. The molecular weight excluding hydrogens is 526 g/mol. The van der Waals surface area contributed by atoms with Gasteiger partial charge in [0, 0.05) is 43.7 Å². The third-order valence-electron chi connectivity index (χ3n) is 8.57. The van der Waals surface area contributed by atoms with E-state index in [2.05, 4.69) is 69.1 Å². The highest BCUT2D eigenvalue weighted by molar-refractivity contribution is 5.95. The molecule has 0 spiro atoms. The minimum absolute atomic E-state index is 0.0159. The van der Waals surface area contributed by atoms with Gasteiger partial charge in [0.05, 0.1) is 19.1 Å². The number of aliphatic carboxylic acids is 1. The van der Waals surface area contributed by atoms with Gasteiger partial charge in [0.2, 0.25) is 5.91 Å². The summed E-state index contributed by atoms with van der Waals surface area (Å²) in [4.78, 5) is 31.2. The molecule has 3 atom stereocenters. The van der Waals surface area contributed by atoms with Crippen molar-refractivity contribution < 1.29 is 19.4 Å². The first kappa shape index (κ1) is 31.8. The van der Waals surface area contributed by atoms with E-state index in [4.69, 9.17) is 4.74 Å². The second-order valence-electron chi connectivity index (χ2n) is 12.9.